The van der Waals surface area contributed by atoms with Crippen LogP contribution >= 0.6 is 0 Å². The molecule has 0 aromatic rings. The molecule has 1 atom stereocenters. The first-order valence-electron chi connectivity index (χ1n) is 5.16. The van der Waals surface area contributed by atoms with Crippen molar-refractivity contribution >= 4 is 16.2 Å². The number of nitrogens with two attached hydrogens (primary N) is 1. The smallest absolute Gasteiger partial charge is 0.321 e. The van der Waals surface area contributed by atoms with Crippen molar-refractivity contribution < 1.29 is 18.3 Å². The van der Waals surface area contributed by atoms with Crippen molar-refractivity contribution in [2.75, 3.05) is 6.54 Å². The molecule has 0 aromatic carbocycles. The summed E-state index contributed by atoms with van der Waals surface area (Å²) >= 11 is 0. The van der Waals surface area contributed by atoms with Gasteiger partial charge in [0.1, 0.15) is 6.04 Å². The topological polar surface area (TPSA) is 122 Å². The minimum Gasteiger partial charge on any atom is -0.480 e. The number of carboxylic acid groups (broad SMARTS) is 1. The van der Waals surface area contributed by atoms with Crippen LogP contribution in [0, 0.1) is 0 Å². The average molecular weight is 251 g/mol. The first kappa shape index (κ1) is 13.4. The van der Waals surface area contributed by atoms with Crippen molar-refractivity contribution in [2.24, 2.45) is 5.73 Å². The molecule has 0 amide bonds. The molecule has 0 saturated heterocycles. The summed E-state index contributed by atoms with van der Waals surface area (Å²) in [4.78, 5) is 10.4. The molecule has 1 rings (SSSR count). The van der Waals surface area contributed by atoms with Gasteiger partial charge in [0.25, 0.3) is 10.2 Å². The second-order valence-electron chi connectivity index (χ2n) is 3.90. The summed E-state index contributed by atoms with van der Waals surface area (Å²) in [5.41, 5.74) is 5.18. The predicted molar refractivity (Wildman–Crippen MR) is 57.9 cm³/mol. The number of hydrogen-bond donors (Lipinski definition) is 4. The molecule has 0 bridgehead atoms. The molecule has 0 radical (unpaired) electrons. The normalized spacial score (nSPS) is 19.8. The molecule has 1 aliphatic rings. The summed E-state index contributed by atoms with van der Waals surface area (Å²) in [6, 6.07) is -1.27. The highest BCUT2D eigenvalue weighted by molar-refractivity contribution is 7.87. The third-order valence-corrected chi connectivity index (χ3v) is 3.68. The lowest BCUT2D eigenvalue weighted by molar-refractivity contribution is -0.138. The lowest BCUT2D eigenvalue weighted by Gasteiger charge is -2.14. The van der Waals surface area contributed by atoms with E-state index < -0.39 is 22.2 Å². The van der Waals surface area contributed by atoms with Crippen molar-refractivity contribution in [1.82, 2.24) is 9.44 Å². The lowest BCUT2D eigenvalue weighted by atomic mass is 10.3. The van der Waals surface area contributed by atoms with Gasteiger partial charge in [-0.05, 0) is 12.8 Å². The first-order chi connectivity index (χ1) is 7.41. The van der Waals surface area contributed by atoms with E-state index in [2.05, 4.69) is 9.44 Å². The van der Waals surface area contributed by atoms with Crippen LogP contribution in [0.5, 0.6) is 0 Å². The second-order valence-corrected chi connectivity index (χ2v) is 5.43. The molecule has 16 heavy (non-hydrogen) atoms. The molecule has 0 aliphatic heterocycles. The SMILES string of the molecule is NC(CNS(=O)(=O)NC1CCCC1)C(=O)O. The van der Waals surface area contributed by atoms with Crippen LogP contribution in [-0.2, 0) is 15.0 Å². The van der Waals surface area contributed by atoms with Gasteiger partial charge in [-0.1, -0.05) is 12.8 Å². The number of carbonyl (C=O) groups is 1. The first-order valence-corrected chi connectivity index (χ1v) is 6.64. The predicted octanol–water partition coefficient (Wildman–Crippen LogP) is -1.24. The Morgan fingerprint density at radius 3 is 2.50 bits per heavy atom. The summed E-state index contributed by atoms with van der Waals surface area (Å²) < 4.78 is 27.5. The Kier molecular flexibility index (Phi) is 4.66. The molecule has 1 fully saturated rings. The van der Waals surface area contributed by atoms with Crippen molar-refractivity contribution in [3.63, 3.8) is 0 Å². The van der Waals surface area contributed by atoms with Gasteiger partial charge in [0.15, 0.2) is 0 Å². The zero-order chi connectivity index (χ0) is 12.2. The highest BCUT2D eigenvalue weighted by Gasteiger charge is 2.22. The number of nitrogens with one attached hydrogen (secondary N) is 2. The van der Waals surface area contributed by atoms with E-state index in [1.807, 2.05) is 0 Å². The molecule has 8 heteroatoms. The van der Waals surface area contributed by atoms with Crippen molar-refractivity contribution in [3.8, 4) is 0 Å². The summed E-state index contributed by atoms with van der Waals surface area (Å²) in [6.07, 6.45) is 3.68. The molecular formula is C8H17N3O4S. The van der Waals surface area contributed by atoms with E-state index >= 15 is 0 Å². The van der Waals surface area contributed by atoms with Crippen LogP contribution in [0.2, 0.25) is 0 Å². The van der Waals surface area contributed by atoms with Crippen LogP contribution in [0.1, 0.15) is 25.7 Å². The summed E-state index contributed by atoms with van der Waals surface area (Å²) in [5.74, 6) is -1.23. The Labute approximate surface area is 94.6 Å². The monoisotopic (exact) mass is 251 g/mol. The van der Waals surface area contributed by atoms with Crippen LogP contribution in [-0.4, -0.2) is 38.1 Å². The van der Waals surface area contributed by atoms with E-state index in [0.717, 1.165) is 25.7 Å². The third-order valence-electron chi connectivity index (χ3n) is 2.49. The van der Waals surface area contributed by atoms with Gasteiger partial charge in [-0.25, -0.2) is 4.72 Å². The van der Waals surface area contributed by atoms with Crippen molar-refractivity contribution in [1.29, 1.82) is 0 Å². The minimum atomic E-state index is -3.64. The van der Waals surface area contributed by atoms with Gasteiger partial charge in [-0.2, -0.15) is 13.1 Å². The molecule has 7 nitrogen and oxygen atoms in total. The maximum atomic E-state index is 11.4. The van der Waals surface area contributed by atoms with E-state index in [9.17, 15) is 13.2 Å². The van der Waals surface area contributed by atoms with Gasteiger partial charge < -0.3 is 10.8 Å². The highest BCUT2D eigenvalue weighted by atomic mass is 32.2. The molecular weight excluding hydrogens is 234 g/mol. The van der Waals surface area contributed by atoms with E-state index in [1.54, 1.807) is 0 Å². The number of hydrogen-bond acceptors (Lipinski definition) is 4. The Hall–Kier alpha value is -0.700. The Bertz CT molecular complexity index is 337. The fourth-order valence-electron chi connectivity index (χ4n) is 1.59. The van der Waals surface area contributed by atoms with Gasteiger partial charge in [0.05, 0.1) is 0 Å². The molecule has 0 spiro atoms. The molecule has 5 N–H and O–H groups in total. The van der Waals surface area contributed by atoms with Crippen LogP contribution in [0.4, 0.5) is 0 Å². The van der Waals surface area contributed by atoms with Gasteiger partial charge in [0.2, 0.25) is 0 Å². The fraction of sp³-hybridized carbons (Fsp3) is 0.875. The summed E-state index contributed by atoms with van der Waals surface area (Å²) in [5, 5.41) is 8.48. The molecule has 1 saturated carbocycles. The Morgan fingerprint density at radius 1 is 1.44 bits per heavy atom. The second kappa shape index (κ2) is 5.58. The maximum Gasteiger partial charge on any atom is 0.321 e. The summed E-state index contributed by atoms with van der Waals surface area (Å²) in [6.45, 7) is -0.308. The zero-order valence-electron chi connectivity index (χ0n) is 8.85. The molecule has 1 aliphatic carbocycles. The average Bonchev–Trinajstić information content (AvgIpc) is 2.65. The van der Waals surface area contributed by atoms with Crippen molar-refractivity contribution in [3.05, 3.63) is 0 Å². The number of rotatable bonds is 6. The summed E-state index contributed by atoms with van der Waals surface area (Å²) in [7, 11) is -3.64. The zero-order valence-corrected chi connectivity index (χ0v) is 9.66. The molecule has 94 valence electrons. The number of aliphatic carboxylic acids is 1. The Balaban J connectivity index is 2.36. The molecule has 0 heterocycles. The highest BCUT2D eigenvalue weighted by Crippen LogP contribution is 2.17. The lowest BCUT2D eigenvalue weighted by Crippen LogP contribution is -2.48. The minimum absolute atomic E-state index is 0.0430. The van der Waals surface area contributed by atoms with Crippen LogP contribution < -0.4 is 15.2 Å². The maximum absolute atomic E-state index is 11.4. The van der Waals surface area contributed by atoms with E-state index in [1.165, 1.54) is 0 Å². The van der Waals surface area contributed by atoms with Gasteiger partial charge >= 0.3 is 5.97 Å². The van der Waals surface area contributed by atoms with Crippen LogP contribution in [0.15, 0.2) is 0 Å². The van der Waals surface area contributed by atoms with E-state index in [4.69, 9.17) is 10.8 Å². The third kappa shape index (κ3) is 4.44. The number of carboxylic acids is 1. The van der Waals surface area contributed by atoms with E-state index in [0.29, 0.717) is 0 Å². The largest absolute Gasteiger partial charge is 0.480 e. The van der Waals surface area contributed by atoms with Gasteiger partial charge in [-0.15, -0.1) is 0 Å². The molecule has 1 unspecified atom stereocenters. The van der Waals surface area contributed by atoms with Gasteiger partial charge in [0, 0.05) is 12.6 Å². The quantitative estimate of drug-likeness (QED) is 0.470. The Morgan fingerprint density at radius 2 is 2.00 bits per heavy atom. The fourth-order valence-corrected chi connectivity index (χ4v) is 2.75. The van der Waals surface area contributed by atoms with Crippen LogP contribution in [0.3, 0.4) is 0 Å². The molecule has 0 aromatic heterocycles. The van der Waals surface area contributed by atoms with Crippen molar-refractivity contribution in [2.45, 2.75) is 37.8 Å². The standard InChI is InChI=1S/C8H17N3O4S/c9-7(8(12)13)5-10-16(14,15)11-6-3-1-2-4-6/h6-7,10-11H,1-5,9H2,(H,12,13). The van der Waals surface area contributed by atoms with Crippen LogP contribution in [0.25, 0.3) is 0 Å². The van der Waals surface area contributed by atoms with E-state index in [-0.39, 0.29) is 12.6 Å². The van der Waals surface area contributed by atoms with Gasteiger partial charge in [-0.3, -0.25) is 4.79 Å².